The van der Waals surface area contributed by atoms with E-state index in [-0.39, 0.29) is 24.0 Å². The number of methoxy groups -OCH3 is 1. The van der Waals surface area contributed by atoms with E-state index in [1.165, 1.54) is 13.2 Å². The molecule has 36 heavy (non-hydrogen) atoms. The zero-order chi connectivity index (χ0) is 25.2. The van der Waals surface area contributed by atoms with Crippen molar-refractivity contribution in [3.8, 4) is 23.0 Å². The molecule has 1 fully saturated rings. The minimum absolute atomic E-state index is 0.0222. The Kier molecular flexibility index (Phi) is 6.58. The molecule has 0 spiro atoms. The number of ether oxygens (including phenoxy) is 4. The van der Waals surface area contributed by atoms with Gasteiger partial charge in [-0.1, -0.05) is 29.8 Å². The molecule has 3 aromatic rings. The highest BCUT2D eigenvalue weighted by molar-refractivity contribution is 8.18. The molecule has 0 bridgehead atoms. The van der Waals surface area contributed by atoms with Crippen LogP contribution in [-0.2, 0) is 11.3 Å². The lowest BCUT2D eigenvalue weighted by molar-refractivity contribution is -0.123. The Bertz CT molecular complexity index is 1400. The van der Waals surface area contributed by atoms with Crippen molar-refractivity contribution >= 4 is 46.6 Å². The summed E-state index contributed by atoms with van der Waals surface area (Å²) in [5.74, 6) is 0.843. The van der Waals surface area contributed by atoms with Crippen molar-refractivity contribution in [1.82, 2.24) is 4.90 Å². The molecule has 5 rings (SSSR count). The van der Waals surface area contributed by atoms with E-state index >= 15 is 0 Å². The highest BCUT2D eigenvalue weighted by Crippen LogP contribution is 2.40. The van der Waals surface area contributed by atoms with Crippen LogP contribution >= 0.6 is 23.4 Å². The van der Waals surface area contributed by atoms with Gasteiger partial charge in [0, 0.05) is 16.7 Å². The molecule has 2 amide bonds. The van der Waals surface area contributed by atoms with Gasteiger partial charge >= 0.3 is 5.97 Å². The number of hydrogen-bond acceptors (Lipinski definition) is 8. The summed E-state index contributed by atoms with van der Waals surface area (Å²) in [6, 6.07) is 16.5. The number of esters is 1. The van der Waals surface area contributed by atoms with E-state index in [0.717, 1.165) is 16.7 Å². The van der Waals surface area contributed by atoms with Crippen LogP contribution in [0.3, 0.4) is 0 Å². The number of imide groups is 1. The summed E-state index contributed by atoms with van der Waals surface area (Å²) in [7, 11) is 1.54. The third kappa shape index (κ3) is 4.75. The fourth-order valence-corrected chi connectivity index (χ4v) is 4.65. The minimum atomic E-state index is -0.566. The zero-order valence-electron chi connectivity index (χ0n) is 18.9. The molecule has 2 aliphatic heterocycles. The molecular formula is C26H18ClNO7S. The van der Waals surface area contributed by atoms with Crippen LogP contribution in [0.25, 0.3) is 6.08 Å². The van der Waals surface area contributed by atoms with Gasteiger partial charge in [-0.3, -0.25) is 14.5 Å². The molecule has 2 aliphatic rings. The van der Waals surface area contributed by atoms with Crippen LogP contribution in [0.2, 0.25) is 5.02 Å². The number of carbonyl (C=O) groups is 3. The van der Waals surface area contributed by atoms with Gasteiger partial charge in [0.2, 0.25) is 6.79 Å². The maximum atomic E-state index is 13.1. The van der Waals surface area contributed by atoms with Crippen LogP contribution in [0, 0.1) is 0 Å². The van der Waals surface area contributed by atoms with Crippen molar-refractivity contribution in [1.29, 1.82) is 0 Å². The van der Waals surface area contributed by atoms with Gasteiger partial charge in [-0.25, -0.2) is 4.79 Å². The fraction of sp³-hybridized carbons (Fsp3) is 0.115. The summed E-state index contributed by atoms with van der Waals surface area (Å²) in [5.41, 5.74) is 1.37. The average molecular weight is 524 g/mol. The van der Waals surface area contributed by atoms with Gasteiger partial charge in [0.1, 0.15) is 11.5 Å². The molecule has 0 atom stereocenters. The topological polar surface area (TPSA) is 91.4 Å². The second-order valence-corrected chi connectivity index (χ2v) is 9.12. The lowest BCUT2D eigenvalue weighted by Crippen LogP contribution is -2.27. The third-order valence-corrected chi connectivity index (χ3v) is 6.74. The smallest absolute Gasteiger partial charge is 0.343 e. The second-order valence-electron chi connectivity index (χ2n) is 7.72. The van der Waals surface area contributed by atoms with E-state index in [0.29, 0.717) is 39.0 Å². The first kappa shape index (κ1) is 23.8. The van der Waals surface area contributed by atoms with E-state index in [4.69, 9.17) is 30.5 Å². The average Bonchev–Trinajstić information content (AvgIpc) is 3.44. The Morgan fingerprint density at radius 3 is 2.56 bits per heavy atom. The van der Waals surface area contributed by atoms with Gasteiger partial charge in [0.15, 0.2) is 11.5 Å². The van der Waals surface area contributed by atoms with Crippen LogP contribution in [0.1, 0.15) is 21.5 Å². The molecule has 0 unspecified atom stereocenters. The molecule has 1 saturated heterocycles. The van der Waals surface area contributed by atoms with E-state index in [1.54, 1.807) is 60.7 Å². The number of halogens is 1. The van der Waals surface area contributed by atoms with Gasteiger partial charge in [-0.2, -0.15) is 0 Å². The molecule has 3 aromatic carbocycles. The monoisotopic (exact) mass is 523 g/mol. The summed E-state index contributed by atoms with van der Waals surface area (Å²) < 4.78 is 21.3. The van der Waals surface area contributed by atoms with E-state index < -0.39 is 17.1 Å². The molecule has 0 radical (unpaired) electrons. The number of rotatable bonds is 6. The Morgan fingerprint density at radius 2 is 1.81 bits per heavy atom. The Morgan fingerprint density at radius 1 is 1.08 bits per heavy atom. The lowest BCUT2D eigenvalue weighted by Gasteiger charge is -2.14. The number of benzene rings is 3. The van der Waals surface area contributed by atoms with Crippen molar-refractivity contribution in [3.63, 3.8) is 0 Å². The zero-order valence-corrected chi connectivity index (χ0v) is 20.4. The van der Waals surface area contributed by atoms with Crippen LogP contribution < -0.4 is 18.9 Å². The first-order valence-electron chi connectivity index (χ1n) is 10.7. The number of nitrogens with zero attached hydrogens (tertiary/aromatic N) is 1. The largest absolute Gasteiger partial charge is 0.497 e. The summed E-state index contributed by atoms with van der Waals surface area (Å²) in [6.07, 6.45) is 1.53. The number of hydrogen-bond donors (Lipinski definition) is 0. The highest BCUT2D eigenvalue weighted by Gasteiger charge is 2.36. The van der Waals surface area contributed by atoms with Crippen LogP contribution in [0.15, 0.2) is 65.6 Å². The molecule has 10 heteroatoms. The van der Waals surface area contributed by atoms with E-state index in [1.807, 2.05) is 0 Å². The maximum Gasteiger partial charge on any atom is 0.343 e. The third-order valence-electron chi connectivity index (χ3n) is 5.48. The highest BCUT2D eigenvalue weighted by atomic mass is 35.5. The number of fused-ring (bicyclic) bond motifs is 1. The number of thioether (sulfide) groups is 1. The Labute approximate surface area is 215 Å². The molecule has 182 valence electrons. The summed E-state index contributed by atoms with van der Waals surface area (Å²) in [6.45, 7) is 0.0630. The van der Waals surface area contributed by atoms with Gasteiger partial charge in [-0.15, -0.1) is 0 Å². The predicted molar refractivity (Wildman–Crippen MR) is 133 cm³/mol. The standard InChI is InChI=1S/C26H18ClNO7S/c1-32-18-8-6-15(7-9-18)25(30)35-20-5-3-2-4-16(20)11-23-24(29)28(26(31)36-23)13-17-10-21-22(12-19(17)27)34-14-33-21/h2-12H,13-14H2,1H3/b23-11-. The second kappa shape index (κ2) is 9.96. The molecule has 0 aliphatic carbocycles. The summed E-state index contributed by atoms with van der Waals surface area (Å²) in [5, 5.41) is -0.0780. The maximum absolute atomic E-state index is 13.1. The number of amides is 2. The van der Waals surface area contributed by atoms with Crippen molar-refractivity contribution < 1.29 is 33.3 Å². The van der Waals surface area contributed by atoms with E-state index in [9.17, 15) is 14.4 Å². The van der Waals surface area contributed by atoms with E-state index in [2.05, 4.69) is 0 Å². The van der Waals surface area contributed by atoms with Gasteiger partial charge in [0.25, 0.3) is 11.1 Å². The number of para-hydroxylation sites is 1. The molecule has 0 N–H and O–H groups in total. The quantitative estimate of drug-likeness (QED) is 0.236. The SMILES string of the molecule is COc1ccc(C(=O)Oc2ccccc2/C=C2\SC(=O)N(Cc3cc4c(cc3Cl)OCO4)C2=O)cc1. The molecular weight excluding hydrogens is 506 g/mol. The molecule has 0 saturated carbocycles. The number of carbonyl (C=O) groups excluding carboxylic acids is 3. The molecule has 2 heterocycles. The van der Waals surface area contributed by atoms with Gasteiger partial charge in [-0.05, 0) is 59.8 Å². The fourth-order valence-electron chi connectivity index (χ4n) is 3.61. The summed E-state index contributed by atoms with van der Waals surface area (Å²) >= 11 is 7.12. The van der Waals surface area contributed by atoms with Crippen LogP contribution in [-0.4, -0.2) is 35.9 Å². The minimum Gasteiger partial charge on any atom is -0.497 e. The van der Waals surface area contributed by atoms with Crippen molar-refractivity contribution in [3.05, 3.63) is 87.3 Å². The molecule has 0 aromatic heterocycles. The molecule has 8 nitrogen and oxygen atoms in total. The van der Waals surface area contributed by atoms with Crippen LogP contribution in [0.5, 0.6) is 23.0 Å². The first-order valence-corrected chi connectivity index (χ1v) is 11.9. The Hall–Kier alpha value is -3.95. The van der Waals surface area contributed by atoms with Crippen molar-refractivity contribution in [2.45, 2.75) is 6.54 Å². The normalized spacial score (nSPS) is 15.5. The van der Waals surface area contributed by atoms with Crippen molar-refractivity contribution in [2.24, 2.45) is 0 Å². The van der Waals surface area contributed by atoms with Crippen LogP contribution in [0.4, 0.5) is 4.79 Å². The lowest BCUT2D eigenvalue weighted by atomic mass is 10.1. The van der Waals surface area contributed by atoms with Gasteiger partial charge < -0.3 is 18.9 Å². The van der Waals surface area contributed by atoms with Crippen molar-refractivity contribution in [2.75, 3.05) is 13.9 Å². The Balaban J connectivity index is 1.35. The predicted octanol–water partition coefficient (Wildman–Crippen LogP) is 5.53. The van der Waals surface area contributed by atoms with Gasteiger partial charge in [0.05, 0.1) is 24.1 Å². The summed E-state index contributed by atoms with van der Waals surface area (Å²) in [4.78, 5) is 39.7. The first-order chi connectivity index (χ1) is 17.4.